The Bertz CT molecular complexity index is 2650. The molecule has 0 N–H and O–H groups in total. The Morgan fingerprint density at radius 2 is 0.825 bits per heavy atom. The number of rotatable bonds is 6. The number of aromatic nitrogens is 2. The van der Waals surface area contributed by atoms with Gasteiger partial charge >= 0.3 is 12.4 Å². The smallest absolute Gasteiger partial charge is 0.416 e. The number of hydrogen-bond acceptors (Lipinski definition) is 6. The molecular formula is C50H32F6IrN6-4. The van der Waals surface area contributed by atoms with Crippen molar-refractivity contribution >= 4 is 45.8 Å². The van der Waals surface area contributed by atoms with Gasteiger partial charge in [-0.25, -0.2) is 9.97 Å². The van der Waals surface area contributed by atoms with E-state index in [0.29, 0.717) is 34.1 Å². The molecule has 6 nitrogen and oxygen atoms in total. The van der Waals surface area contributed by atoms with Crippen LogP contribution in [0.5, 0.6) is 0 Å². The molecule has 2 aliphatic heterocycles. The topological polar surface area (TPSA) is 38.7 Å². The largest absolute Gasteiger partial charge is 0.493 e. The van der Waals surface area contributed by atoms with Gasteiger partial charge in [-0.3, -0.25) is 0 Å². The van der Waals surface area contributed by atoms with E-state index >= 15 is 0 Å². The van der Waals surface area contributed by atoms with Crippen LogP contribution in [0.1, 0.15) is 11.1 Å². The Kier molecular flexibility index (Phi) is 12.1. The monoisotopic (exact) mass is 1020 g/mol. The molecule has 0 unspecified atom stereocenters. The molecule has 63 heavy (non-hydrogen) atoms. The van der Waals surface area contributed by atoms with Crippen molar-refractivity contribution in [2.75, 3.05) is 19.6 Å². The Morgan fingerprint density at radius 3 is 1.33 bits per heavy atom. The molecule has 0 saturated carbocycles. The summed E-state index contributed by atoms with van der Waals surface area (Å²) in [6, 6.07) is 54.9. The van der Waals surface area contributed by atoms with Gasteiger partial charge in [0.15, 0.2) is 0 Å². The summed E-state index contributed by atoms with van der Waals surface area (Å²) in [5.41, 5.74) is 4.92. The van der Waals surface area contributed by atoms with E-state index < -0.39 is 23.5 Å². The van der Waals surface area contributed by atoms with Gasteiger partial charge in [-0.1, -0.05) is 84.9 Å². The molecule has 7 aromatic carbocycles. The first-order valence-electron chi connectivity index (χ1n) is 19.3. The number of alkyl halides is 6. The van der Waals surface area contributed by atoms with Crippen LogP contribution in [0.4, 0.5) is 72.1 Å². The van der Waals surface area contributed by atoms with Gasteiger partial charge in [0.2, 0.25) is 0 Å². The van der Waals surface area contributed by atoms with Crippen LogP contribution in [0.25, 0.3) is 22.3 Å². The Morgan fingerprint density at radius 1 is 0.429 bits per heavy atom. The van der Waals surface area contributed by atoms with Crippen LogP contribution in [0.2, 0.25) is 0 Å². The Labute approximate surface area is 373 Å². The quantitative estimate of drug-likeness (QED) is 0.122. The van der Waals surface area contributed by atoms with E-state index in [9.17, 15) is 26.3 Å². The van der Waals surface area contributed by atoms with Gasteiger partial charge in [0.1, 0.15) is 11.6 Å². The standard InChI is InChI=1S/C26H17F3N2.C24H15F3N4.Ir/c27-26(28,29)23-14-5-4-13-22(23)19-9-8-12-21(17-19)31-18-30(20-10-2-1-3-11-20)24-15-6-7-16-25(24)31;25-24(26,27)21-12-5-4-11-20(21)17-7-6-10-19(15-17)31-16-30(18-8-2-1-3-9-18)22-23(31)29-14-13-28-22;/h1-11,13-18H;1-9,11-16H;/q2*-2;. The maximum absolute atomic E-state index is 13.5. The predicted octanol–water partition coefficient (Wildman–Crippen LogP) is 14.0. The molecule has 0 aliphatic carbocycles. The summed E-state index contributed by atoms with van der Waals surface area (Å²) in [5, 5.41) is 0. The summed E-state index contributed by atoms with van der Waals surface area (Å²) in [7, 11) is 0. The number of para-hydroxylation sites is 4. The first kappa shape index (κ1) is 42.7. The number of anilines is 8. The van der Waals surface area contributed by atoms with Gasteiger partial charge in [-0.05, 0) is 59.7 Å². The minimum absolute atomic E-state index is 0. The third-order valence-electron chi connectivity index (χ3n) is 10.2. The van der Waals surface area contributed by atoms with Gasteiger partial charge in [0.25, 0.3) is 0 Å². The van der Waals surface area contributed by atoms with Crippen molar-refractivity contribution in [1.29, 1.82) is 0 Å². The van der Waals surface area contributed by atoms with Crippen molar-refractivity contribution in [2.24, 2.45) is 0 Å². The molecule has 0 saturated heterocycles. The fourth-order valence-electron chi connectivity index (χ4n) is 7.42. The van der Waals surface area contributed by atoms with Gasteiger partial charge in [-0.2, -0.15) is 62.7 Å². The zero-order valence-electron chi connectivity index (χ0n) is 32.8. The second-order valence-electron chi connectivity index (χ2n) is 14.1. The van der Waals surface area contributed by atoms with Crippen molar-refractivity contribution in [3.05, 3.63) is 219 Å². The molecule has 317 valence electrons. The van der Waals surface area contributed by atoms with Gasteiger partial charge < -0.3 is 19.6 Å². The number of halogens is 6. The summed E-state index contributed by atoms with van der Waals surface area (Å²) in [6.07, 6.45) is -5.69. The first-order chi connectivity index (χ1) is 30.0. The third kappa shape index (κ3) is 8.75. The van der Waals surface area contributed by atoms with Crippen LogP contribution in [0, 0.1) is 25.5 Å². The van der Waals surface area contributed by atoms with Crippen molar-refractivity contribution in [3.8, 4) is 22.3 Å². The maximum Gasteiger partial charge on any atom is 0.416 e. The molecular weight excluding hydrogens is 991 g/mol. The molecule has 0 spiro atoms. The summed E-state index contributed by atoms with van der Waals surface area (Å²) in [4.78, 5) is 16.5. The summed E-state index contributed by atoms with van der Waals surface area (Å²) >= 11 is 0. The van der Waals surface area contributed by atoms with Crippen molar-refractivity contribution < 1.29 is 46.4 Å². The van der Waals surface area contributed by atoms with Crippen LogP contribution in [-0.2, 0) is 32.5 Å². The molecule has 2 aliphatic rings. The van der Waals surface area contributed by atoms with E-state index in [2.05, 4.69) is 27.0 Å². The number of benzene rings is 7. The van der Waals surface area contributed by atoms with E-state index in [1.807, 2.05) is 108 Å². The molecule has 0 amide bonds. The van der Waals surface area contributed by atoms with Crippen molar-refractivity contribution in [3.63, 3.8) is 0 Å². The molecule has 0 fully saturated rings. The minimum atomic E-state index is -4.45. The van der Waals surface area contributed by atoms with E-state index in [-0.39, 0.29) is 31.2 Å². The van der Waals surface area contributed by atoms with Crippen LogP contribution in [-0.4, -0.2) is 9.97 Å². The van der Waals surface area contributed by atoms with E-state index in [1.54, 1.807) is 65.8 Å². The number of fused-ring (bicyclic) bond motifs is 2. The second-order valence-corrected chi connectivity index (χ2v) is 14.1. The second kappa shape index (κ2) is 17.8. The number of hydrogen-bond donors (Lipinski definition) is 0. The van der Waals surface area contributed by atoms with E-state index in [1.165, 1.54) is 24.3 Å². The molecule has 3 heterocycles. The van der Waals surface area contributed by atoms with Crippen LogP contribution < -0.4 is 19.6 Å². The van der Waals surface area contributed by atoms with Crippen LogP contribution >= 0.6 is 0 Å². The summed E-state index contributed by atoms with van der Waals surface area (Å²) in [6.45, 7) is 3.75. The fraction of sp³-hybridized carbons (Fsp3) is 0.0400. The molecule has 13 heteroatoms. The Hall–Kier alpha value is -6.95. The van der Waals surface area contributed by atoms with E-state index in [0.717, 1.165) is 34.9 Å². The molecule has 10 rings (SSSR count). The SMILES string of the molecule is FC(F)(F)c1ccccc1-c1cc[c-]c(N2[CH-]N(c3ccccc3)c3ccccc32)c1.FC(F)(F)c1ccccc1-c1cc[c-]c(N2[CH-]N(c3ccccc3)c3nccnc32)c1.[Ir]. The van der Waals surface area contributed by atoms with Gasteiger partial charge in [0, 0.05) is 55.2 Å². The number of nitrogens with zero attached hydrogens (tertiary/aromatic N) is 6. The van der Waals surface area contributed by atoms with Crippen molar-refractivity contribution in [1.82, 2.24) is 9.97 Å². The first-order valence-corrected chi connectivity index (χ1v) is 19.3. The van der Waals surface area contributed by atoms with Gasteiger partial charge in [0.05, 0.1) is 11.1 Å². The molecule has 8 aromatic rings. The van der Waals surface area contributed by atoms with Crippen molar-refractivity contribution in [2.45, 2.75) is 12.4 Å². The van der Waals surface area contributed by atoms with Crippen LogP contribution in [0.15, 0.2) is 182 Å². The maximum atomic E-state index is 13.5. The normalized spacial score (nSPS) is 13.2. The van der Waals surface area contributed by atoms with E-state index in [4.69, 9.17) is 0 Å². The zero-order chi connectivity index (χ0) is 42.8. The third-order valence-corrected chi connectivity index (χ3v) is 10.2. The average molecular weight is 1020 g/mol. The summed E-state index contributed by atoms with van der Waals surface area (Å²) < 4.78 is 81.2. The zero-order valence-corrected chi connectivity index (χ0v) is 35.2. The van der Waals surface area contributed by atoms with Crippen LogP contribution in [0.3, 0.4) is 0 Å². The molecule has 1 radical (unpaired) electrons. The summed E-state index contributed by atoms with van der Waals surface area (Å²) in [5.74, 6) is 1.20. The fourth-order valence-corrected chi connectivity index (χ4v) is 7.42. The van der Waals surface area contributed by atoms with Gasteiger partial charge in [-0.15, -0.1) is 48.0 Å². The molecule has 0 bridgehead atoms. The molecule has 0 atom stereocenters. The predicted molar refractivity (Wildman–Crippen MR) is 230 cm³/mol. The molecule has 1 aromatic heterocycles. The minimum Gasteiger partial charge on any atom is -0.493 e. The average Bonchev–Trinajstić information content (AvgIpc) is 3.89. The Balaban J connectivity index is 0.000000170.